The highest BCUT2D eigenvalue weighted by atomic mass is 16.5. The third-order valence-electron chi connectivity index (χ3n) is 5.15. The molecule has 2 aliphatic heterocycles. The summed E-state index contributed by atoms with van der Waals surface area (Å²) in [4.78, 5) is 10.7. The molecule has 2 unspecified atom stereocenters. The van der Waals surface area contributed by atoms with Gasteiger partial charge in [0.15, 0.2) is 0 Å². The second-order valence-electron chi connectivity index (χ2n) is 6.56. The molecule has 18 heavy (non-hydrogen) atoms. The van der Waals surface area contributed by atoms with Crippen molar-refractivity contribution in [1.29, 1.82) is 0 Å². The number of hydrogen-bond donors (Lipinski definition) is 0. The van der Waals surface area contributed by atoms with Crippen LogP contribution in [0.15, 0.2) is 0 Å². The van der Waals surface area contributed by atoms with Gasteiger partial charge in [0.05, 0.1) is 6.61 Å². The number of carbonyl (C=O) groups excluding carboxylic acids is 1. The minimum absolute atomic E-state index is 0.189. The van der Waals surface area contributed by atoms with Gasteiger partial charge in [0, 0.05) is 19.0 Å². The summed E-state index contributed by atoms with van der Waals surface area (Å²) in [6.07, 6.45) is 7.75. The van der Waals surface area contributed by atoms with E-state index >= 15 is 0 Å². The number of hydroxylamine groups is 2. The molecule has 0 aromatic heterocycles. The van der Waals surface area contributed by atoms with Gasteiger partial charge in [0.1, 0.15) is 0 Å². The fourth-order valence-corrected chi connectivity index (χ4v) is 4.72. The van der Waals surface area contributed by atoms with Crippen molar-refractivity contribution in [2.24, 2.45) is 11.3 Å². The molecule has 0 N–H and O–H groups in total. The molecule has 4 nitrogen and oxygen atoms in total. The van der Waals surface area contributed by atoms with E-state index in [-0.39, 0.29) is 18.1 Å². The highest BCUT2D eigenvalue weighted by Gasteiger charge is 2.54. The first-order valence-corrected chi connectivity index (χ1v) is 7.17. The molecular weight excluding hydrogens is 230 g/mol. The third-order valence-corrected chi connectivity index (χ3v) is 5.15. The summed E-state index contributed by atoms with van der Waals surface area (Å²) in [5.74, 6) is 0.590. The molecule has 4 atom stereocenters. The molecule has 2 heterocycles. The van der Waals surface area contributed by atoms with Crippen LogP contribution in [0.3, 0.4) is 0 Å². The maximum absolute atomic E-state index is 12.0. The van der Waals surface area contributed by atoms with E-state index in [4.69, 9.17) is 4.74 Å². The van der Waals surface area contributed by atoms with Crippen LogP contribution in [0.25, 0.3) is 0 Å². The molecular formula is C14H22NO3. The van der Waals surface area contributed by atoms with E-state index in [0.717, 1.165) is 44.4 Å². The Kier molecular flexibility index (Phi) is 3.10. The van der Waals surface area contributed by atoms with Gasteiger partial charge in [-0.2, -0.15) is 0 Å². The van der Waals surface area contributed by atoms with Crippen LogP contribution in [0.4, 0.5) is 0 Å². The van der Waals surface area contributed by atoms with E-state index in [1.807, 2.05) is 0 Å². The van der Waals surface area contributed by atoms with E-state index in [9.17, 15) is 10.0 Å². The number of esters is 1. The molecule has 4 rings (SSSR count). The van der Waals surface area contributed by atoms with Gasteiger partial charge >= 0.3 is 5.97 Å². The first-order chi connectivity index (χ1) is 8.58. The Morgan fingerprint density at radius 3 is 2.56 bits per heavy atom. The van der Waals surface area contributed by atoms with Gasteiger partial charge in [0.2, 0.25) is 0 Å². The van der Waals surface area contributed by atoms with Crippen molar-refractivity contribution in [1.82, 2.24) is 5.06 Å². The van der Waals surface area contributed by atoms with E-state index < -0.39 is 0 Å². The number of carbonyl (C=O) groups is 1. The minimum atomic E-state index is -0.189. The molecule has 0 aromatic rings. The van der Waals surface area contributed by atoms with Gasteiger partial charge < -0.3 is 4.74 Å². The predicted octanol–water partition coefficient (Wildman–Crippen LogP) is 2.31. The molecule has 2 aliphatic carbocycles. The van der Waals surface area contributed by atoms with Crippen LogP contribution in [0.1, 0.15) is 51.9 Å². The Balaban J connectivity index is 1.57. The van der Waals surface area contributed by atoms with Crippen molar-refractivity contribution >= 4 is 5.97 Å². The van der Waals surface area contributed by atoms with Crippen molar-refractivity contribution in [3.8, 4) is 0 Å². The van der Waals surface area contributed by atoms with Crippen LogP contribution in [-0.2, 0) is 14.7 Å². The van der Waals surface area contributed by atoms with E-state index in [1.165, 1.54) is 18.4 Å². The van der Waals surface area contributed by atoms with Crippen molar-refractivity contribution in [3.63, 3.8) is 0 Å². The van der Waals surface area contributed by atoms with Crippen molar-refractivity contribution in [3.05, 3.63) is 0 Å². The SMILES string of the molecule is CC(=O)OCCCC12CC3C[C@H](C1)N([O])[C@@H](C3)C2. The Hall–Kier alpha value is -0.610. The van der Waals surface area contributed by atoms with Gasteiger partial charge in [0.25, 0.3) is 0 Å². The predicted molar refractivity (Wildman–Crippen MR) is 65.0 cm³/mol. The Labute approximate surface area is 108 Å². The summed E-state index contributed by atoms with van der Waals surface area (Å²) in [5.41, 5.74) is 0.386. The van der Waals surface area contributed by atoms with E-state index in [2.05, 4.69) is 0 Å². The lowest BCUT2D eigenvalue weighted by Crippen LogP contribution is -2.60. The monoisotopic (exact) mass is 252 g/mol. The maximum Gasteiger partial charge on any atom is 0.302 e. The summed E-state index contributed by atoms with van der Waals surface area (Å²) in [5, 5.41) is 13.4. The number of hydrogen-bond acceptors (Lipinski definition) is 3. The number of nitrogens with zero attached hydrogens (tertiary/aromatic N) is 1. The number of piperidine rings is 2. The molecule has 1 radical (unpaired) electrons. The largest absolute Gasteiger partial charge is 0.466 e. The van der Waals surface area contributed by atoms with Crippen molar-refractivity contribution in [2.45, 2.75) is 64.0 Å². The summed E-state index contributed by atoms with van der Waals surface area (Å²) < 4.78 is 5.02. The lowest BCUT2D eigenvalue weighted by atomic mass is 9.54. The van der Waals surface area contributed by atoms with E-state index in [1.54, 1.807) is 0 Å². The zero-order valence-corrected chi connectivity index (χ0v) is 11.1. The molecule has 4 aliphatic rings. The van der Waals surface area contributed by atoms with Gasteiger partial charge in [-0.15, -0.1) is 10.3 Å². The molecule has 0 spiro atoms. The number of rotatable bonds is 4. The second-order valence-corrected chi connectivity index (χ2v) is 6.56. The van der Waals surface area contributed by atoms with Gasteiger partial charge in [-0.25, -0.2) is 0 Å². The lowest BCUT2D eigenvalue weighted by Gasteiger charge is -2.59. The fraction of sp³-hybridized carbons (Fsp3) is 0.929. The van der Waals surface area contributed by atoms with Crippen LogP contribution in [-0.4, -0.2) is 29.7 Å². The Morgan fingerprint density at radius 1 is 1.28 bits per heavy atom. The molecule has 0 aromatic carbocycles. The molecule has 2 saturated heterocycles. The average Bonchev–Trinajstić information content (AvgIpc) is 2.30. The average molecular weight is 252 g/mol. The summed E-state index contributed by atoms with van der Waals surface area (Å²) >= 11 is 0. The van der Waals surface area contributed by atoms with Crippen LogP contribution < -0.4 is 0 Å². The third kappa shape index (κ3) is 2.16. The Bertz CT molecular complexity index is 328. The first-order valence-electron chi connectivity index (χ1n) is 7.17. The standard InChI is InChI=1S/C14H22NO3/c1-10(16)18-4-2-3-14-7-11-5-12(8-14)15(17)13(6-11)9-14/h11-13H,2-9H2,1H3/t11?,12-,13+,14?. The van der Waals surface area contributed by atoms with Gasteiger partial charge in [-0.1, -0.05) is 0 Å². The summed E-state index contributed by atoms with van der Waals surface area (Å²) in [6, 6.07) is 0.565. The zero-order chi connectivity index (χ0) is 12.8. The highest BCUT2D eigenvalue weighted by Crippen LogP contribution is 2.57. The molecule has 4 bridgehead atoms. The van der Waals surface area contributed by atoms with Crippen LogP contribution >= 0.6 is 0 Å². The molecule has 2 saturated carbocycles. The van der Waals surface area contributed by atoms with E-state index in [0.29, 0.717) is 12.0 Å². The van der Waals surface area contributed by atoms with Crippen molar-refractivity contribution < 1.29 is 14.7 Å². The topological polar surface area (TPSA) is 49.4 Å². The fourth-order valence-electron chi connectivity index (χ4n) is 4.72. The lowest BCUT2D eigenvalue weighted by molar-refractivity contribution is -0.287. The normalized spacial score (nSPS) is 42.2. The van der Waals surface area contributed by atoms with Crippen LogP contribution in [0.5, 0.6) is 0 Å². The quantitative estimate of drug-likeness (QED) is 0.570. The van der Waals surface area contributed by atoms with Crippen molar-refractivity contribution in [2.75, 3.05) is 6.61 Å². The van der Waals surface area contributed by atoms with Gasteiger partial charge in [-0.3, -0.25) is 4.79 Å². The van der Waals surface area contributed by atoms with Crippen LogP contribution in [0, 0.1) is 11.3 Å². The smallest absolute Gasteiger partial charge is 0.302 e. The minimum Gasteiger partial charge on any atom is -0.466 e. The van der Waals surface area contributed by atoms with Crippen LogP contribution in [0.2, 0.25) is 0 Å². The molecule has 4 heteroatoms. The zero-order valence-electron chi connectivity index (χ0n) is 11.1. The second kappa shape index (κ2) is 4.49. The molecule has 4 fully saturated rings. The Morgan fingerprint density at radius 2 is 1.94 bits per heavy atom. The summed E-state index contributed by atoms with van der Waals surface area (Å²) in [6.45, 7) is 2.00. The number of ether oxygens (including phenoxy) is 1. The van der Waals surface area contributed by atoms with Gasteiger partial charge in [-0.05, 0) is 56.3 Å². The highest BCUT2D eigenvalue weighted by molar-refractivity contribution is 5.65. The first kappa shape index (κ1) is 12.4. The molecule has 0 amide bonds. The molecule has 101 valence electrons. The maximum atomic E-state index is 12.0. The summed E-state index contributed by atoms with van der Waals surface area (Å²) in [7, 11) is 0.